The molecule has 0 spiro atoms. The topological polar surface area (TPSA) is 68.8 Å². The van der Waals surface area contributed by atoms with Crippen LogP contribution in [0.1, 0.15) is 11.1 Å². The van der Waals surface area contributed by atoms with Crippen molar-refractivity contribution in [1.29, 1.82) is 0 Å². The molecule has 0 saturated carbocycles. The maximum Gasteiger partial charge on any atom is 0.224 e. The summed E-state index contributed by atoms with van der Waals surface area (Å²) < 4.78 is 28.9. The van der Waals surface area contributed by atoms with Crippen molar-refractivity contribution in [1.82, 2.24) is 10.6 Å². The number of methoxy groups -OCH3 is 3. The van der Waals surface area contributed by atoms with Crippen LogP contribution < -0.4 is 24.8 Å². The van der Waals surface area contributed by atoms with Gasteiger partial charge in [-0.05, 0) is 23.8 Å². The Kier molecular flexibility index (Phi) is 7.88. The Balaban J connectivity index is 1.78. The van der Waals surface area contributed by atoms with Crippen molar-refractivity contribution in [2.45, 2.75) is 13.0 Å². The minimum atomic E-state index is -0.311. The van der Waals surface area contributed by atoms with E-state index in [1.807, 2.05) is 12.1 Å². The Morgan fingerprint density at radius 3 is 2.26 bits per heavy atom. The van der Waals surface area contributed by atoms with Crippen LogP contribution in [0.2, 0.25) is 0 Å². The van der Waals surface area contributed by atoms with Gasteiger partial charge in [0.2, 0.25) is 11.7 Å². The van der Waals surface area contributed by atoms with Gasteiger partial charge in [-0.2, -0.15) is 0 Å². The highest BCUT2D eigenvalue weighted by atomic mass is 19.1. The molecule has 0 bridgehead atoms. The van der Waals surface area contributed by atoms with Gasteiger partial charge in [0.05, 0.1) is 27.8 Å². The largest absolute Gasteiger partial charge is 0.493 e. The summed E-state index contributed by atoms with van der Waals surface area (Å²) in [6.07, 6.45) is 0.226. The first kappa shape index (κ1) is 20.5. The van der Waals surface area contributed by atoms with Gasteiger partial charge >= 0.3 is 0 Å². The number of ether oxygens (including phenoxy) is 3. The van der Waals surface area contributed by atoms with E-state index in [9.17, 15) is 9.18 Å². The predicted molar refractivity (Wildman–Crippen MR) is 101 cm³/mol. The Hall–Kier alpha value is -2.80. The summed E-state index contributed by atoms with van der Waals surface area (Å²) in [4.78, 5) is 11.9. The van der Waals surface area contributed by atoms with Gasteiger partial charge in [0.15, 0.2) is 11.5 Å². The van der Waals surface area contributed by atoms with Crippen LogP contribution in [-0.4, -0.2) is 40.3 Å². The van der Waals surface area contributed by atoms with Crippen LogP contribution in [0.5, 0.6) is 17.2 Å². The van der Waals surface area contributed by atoms with Crippen molar-refractivity contribution >= 4 is 5.91 Å². The fraction of sp³-hybridized carbons (Fsp3) is 0.350. The number of hydrogen-bond acceptors (Lipinski definition) is 5. The molecule has 0 heterocycles. The van der Waals surface area contributed by atoms with Gasteiger partial charge in [0.25, 0.3) is 0 Å². The summed E-state index contributed by atoms with van der Waals surface area (Å²) in [6.45, 7) is 1.62. The second-order valence-electron chi connectivity index (χ2n) is 5.82. The minimum Gasteiger partial charge on any atom is -0.493 e. The molecule has 0 aromatic heterocycles. The van der Waals surface area contributed by atoms with Gasteiger partial charge in [-0.25, -0.2) is 4.39 Å². The molecule has 2 N–H and O–H groups in total. The van der Waals surface area contributed by atoms with Crippen LogP contribution in [0.4, 0.5) is 4.39 Å². The molecule has 0 fully saturated rings. The fourth-order valence-corrected chi connectivity index (χ4v) is 2.67. The summed E-state index contributed by atoms with van der Waals surface area (Å²) in [5.41, 5.74) is 1.70. The van der Waals surface area contributed by atoms with Crippen LogP contribution in [0.25, 0.3) is 0 Å². The van der Waals surface area contributed by atoms with Crippen LogP contribution in [0.15, 0.2) is 36.4 Å². The van der Waals surface area contributed by atoms with E-state index in [-0.39, 0.29) is 18.1 Å². The summed E-state index contributed by atoms with van der Waals surface area (Å²) in [6, 6.07) is 9.64. The van der Waals surface area contributed by atoms with Crippen molar-refractivity contribution < 1.29 is 23.4 Å². The third kappa shape index (κ3) is 5.86. The van der Waals surface area contributed by atoms with E-state index in [1.165, 1.54) is 12.1 Å². The van der Waals surface area contributed by atoms with E-state index in [0.717, 1.165) is 11.1 Å². The molecule has 0 aliphatic carbocycles. The molecule has 146 valence electrons. The molecule has 2 rings (SSSR count). The van der Waals surface area contributed by atoms with Crippen LogP contribution >= 0.6 is 0 Å². The van der Waals surface area contributed by atoms with Gasteiger partial charge in [0, 0.05) is 25.2 Å². The number of halogens is 1. The molecule has 0 unspecified atom stereocenters. The number of nitrogens with one attached hydrogen (secondary N) is 2. The van der Waals surface area contributed by atoms with Crippen molar-refractivity contribution in [3.05, 3.63) is 53.3 Å². The third-order valence-electron chi connectivity index (χ3n) is 4.00. The van der Waals surface area contributed by atoms with E-state index in [0.29, 0.717) is 36.9 Å². The number of rotatable bonds is 10. The van der Waals surface area contributed by atoms with E-state index in [1.54, 1.807) is 33.5 Å². The lowest BCUT2D eigenvalue weighted by molar-refractivity contribution is -0.120. The summed E-state index contributed by atoms with van der Waals surface area (Å²) in [7, 11) is 4.72. The first-order valence-corrected chi connectivity index (χ1v) is 8.58. The lowest BCUT2D eigenvalue weighted by Gasteiger charge is -2.16. The SMILES string of the molecule is COc1ccc(CNCCNC(=O)Cc2ccc(F)cc2)c(OC)c1OC. The molecule has 0 radical (unpaired) electrons. The van der Waals surface area contributed by atoms with Crippen molar-refractivity contribution in [2.75, 3.05) is 34.4 Å². The van der Waals surface area contributed by atoms with Gasteiger partial charge in [-0.15, -0.1) is 0 Å². The molecule has 2 aromatic rings. The smallest absolute Gasteiger partial charge is 0.224 e. The van der Waals surface area contributed by atoms with Crippen molar-refractivity contribution in [3.8, 4) is 17.2 Å². The molecular weight excluding hydrogens is 351 g/mol. The molecule has 0 aliphatic rings. The van der Waals surface area contributed by atoms with E-state index in [2.05, 4.69) is 10.6 Å². The maximum atomic E-state index is 12.9. The van der Waals surface area contributed by atoms with Gasteiger partial charge in [-0.1, -0.05) is 18.2 Å². The zero-order valence-corrected chi connectivity index (χ0v) is 15.8. The predicted octanol–water partition coefficient (Wildman–Crippen LogP) is 2.30. The standard InChI is InChI=1S/C20H25FN2O4/c1-25-17-9-6-15(19(26-2)20(17)27-3)13-22-10-11-23-18(24)12-14-4-7-16(21)8-5-14/h4-9,22H,10-13H2,1-3H3,(H,23,24). The van der Waals surface area contributed by atoms with Crippen molar-refractivity contribution in [2.24, 2.45) is 0 Å². The minimum absolute atomic E-state index is 0.105. The monoisotopic (exact) mass is 376 g/mol. The molecule has 1 amide bonds. The summed E-state index contributed by atoms with van der Waals surface area (Å²) in [5, 5.41) is 6.08. The lowest BCUT2D eigenvalue weighted by atomic mass is 10.1. The molecule has 2 aromatic carbocycles. The average Bonchev–Trinajstić information content (AvgIpc) is 2.68. The summed E-state index contributed by atoms with van der Waals surface area (Å²) >= 11 is 0. The van der Waals surface area contributed by atoms with Gasteiger partial charge in [0.1, 0.15) is 5.82 Å². The maximum absolute atomic E-state index is 12.9. The Bertz CT molecular complexity index is 750. The zero-order valence-electron chi connectivity index (χ0n) is 15.8. The number of hydrogen-bond donors (Lipinski definition) is 2. The first-order valence-electron chi connectivity index (χ1n) is 8.58. The second-order valence-corrected chi connectivity index (χ2v) is 5.82. The molecule has 6 nitrogen and oxygen atoms in total. The van der Waals surface area contributed by atoms with E-state index < -0.39 is 0 Å². The Morgan fingerprint density at radius 1 is 0.926 bits per heavy atom. The molecule has 27 heavy (non-hydrogen) atoms. The highest BCUT2D eigenvalue weighted by Crippen LogP contribution is 2.39. The van der Waals surface area contributed by atoms with Gasteiger partial charge in [-0.3, -0.25) is 4.79 Å². The molecule has 0 saturated heterocycles. The highest BCUT2D eigenvalue weighted by molar-refractivity contribution is 5.78. The molecule has 0 atom stereocenters. The third-order valence-corrected chi connectivity index (χ3v) is 4.00. The average molecular weight is 376 g/mol. The molecular formula is C20H25FN2O4. The Labute approximate surface area is 158 Å². The van der Waals surface area contributed by atoms with E-state index in [4.69, 9.17) is 14.2 Å². The fourth-order valence-electron chi connectivity index (χ4n) is 2.67. The van der Waals surface area contributed by atoms with Crippen molar-refractivity contribution in [3.63, 3.8) is 0 Å². The second kappa shape index (κ2) is 10.4. The van der Waals surface area contributed by atoms with Crippen LogP contribution in [0.3, 0.4) is 0 Å². The van der Waals surface area contributed by atoms with Gasteiger partial charge < -0.3 is 24.8 Å². The zero-order chi connectivity index (χ0) is 19.6. The summed E-state index contributed by atoms with van der Waals surface area (Å²) in [5.74, 6) is 1.35. The first-order chi connectivity index (χ1) is 13.1. The van der Waals surface area contributed by atoms with Crippen LogP contribution in [-0.2, 0) is 17.8 Å². The van der Waals surface area contributed by atoms with E-state index >= 15 is 0 Å². The number of amides is 1. The quantitative estimate of drug-likeness (QED) is 0.623. The number of benzene rings is 2. The molecule has 0 aliphatic heterocycles. The number of carbonyl (C=O) groups is 1. The Morgan fingerprint density at radius 2 is 1.63 bits per heavy atom. The highest BCUT2D eigenvalue weighted by Gasteiger charge is 2.15. The normalized spacial score (nSPS) is 10.4. The molecule has 7 heteroatoms. The van der Waals surface area contributed by atoms with Crippen LogP contribution in [0, 0.1) is 5.82 Å². The number of carbonyl (C=O) groups excluding carboxylic acids is 1. The lowest BCUT2D eigenvalue weighted by Crippen LogP contribution is -2.32.